The minimum absolute atomic E-state index is 0.404. The number of halogens is 2. The smallest absolute Gasteiger partial charge is 0.331 e. The zero-order chi connectivity index (χ0) is 14.3. The second-order valence-corrected chi connectivity index (χ2v) is 6.02. The lowest BCUT2D eigenvalue weighted by molar-refractivity contribution is -0.153. The average Bonchev–Trinajstić information content (AvgIpc) is 2.80. The summed E-state index contributed by atoms with van der Waals surface area (Å²) in [6, 6.07) is 5.23. The van der Waals surface area contributed by atoms with Crippen LogP contribution in [0.2, 0.25) is 5.02 Å². The van der Waals surface area contributed by atoms with Crippen LogP contribution in [0.15, 0.2) is 22.7 Å². The number of tetrazole rings is 1. The average molecular weight is 358 g/mol. The largest absolute Gasteiger partial charge is 0.479 e. The van der Waals surface area contributed by atoms with Gasteiger partial charge in [0.15, 0.2) is 11.4 Å². The van der Waals surface area contributed by atoms with Crippen molar-refractivity contribution in [3.05, 3.63) is 27.7 Å². The molecular formula is C12H10BrClN4O2. The fourth-order valence-corrected chi connectivity index (χ4v) is 2.94. The Morgan fingerprint density at radius 2 is 2.20 bits per heavy atom. The molecular weight excluding hydrogens is 348 g/mol. The van der Waals surface area contributed by atoms with Crippen LogP contribution in [0.5, 0.6) is 0 Å². The van der Waals surface area contributed by atoms with Gasteiger partial charge in [-0.15, -0.1) is 5.10 Å². The van der Waals surface area contributed by atoms with E-state index in [4.69, 9.17) is 11.6 Å². The van der Waals surface area contributed by atoms with E-state index in [0.29, 0.717) is 29.3 Å². The van der Waals surface area contributed by atoms with Crippen LogP contribution in [-0.4, -0.2) is 31.3 Å². The predicted octanol–water partition coefficient (Wildman–Crippen LogP) is 2.72. The number of rotatable bonds is 3. The van der Waals surface area contributed by atoms with Crippen LogP contribution >= 0.6 is 27.5 Å². The molecule has 1 aliphatic carbocycles. The highest BCUT2D eigenvalue weighted by atomic mass is 79.9. The molecule has 104 valence electrons. The summed E-state index contributed by atoms with van der Waals surface area (Å²) in [5.74, 6) is -0.503. The van der Waals surface area contributed by atoms with Crippen molar-refractivity contribution >= 4 is 33.5 Å². The molecule has 0 unspecified atom stereocenters. The fraction of sp³-hybridized carbons (Fsp3) is 0.333. The van der Waals surface area contributed by atoms with Crippen LogP contribution in [0.4, 0.5) is 0 Å². The first-order valence-corrected chi connectivity index (χ1v) is 7.19. The second kappa shape index (κ2) is 4.82. The molecule has 0 bridgehead atoms. The summed E-state index contributed by atoms with van der Waals surface area (Å²) in [5, 5.41) is 21.5. The monoisotopic (exact) mass is 356 g/mol. The van der Waals surface area contributed by atoms with Gasteiger partial charge in [-0.25, -0.2) is 9.48 Å². The predicted molar refractivity (Wildman–Crippen MR) is 75.4 cm³/mol. The number of carboxylic acid groups (broad SMARTS) is 1. The first kappa shape index (κ1) is 13.5. The van der Waals surface area contributed by atoms with Gasteiger partial charge in [-0.2, -0.15) is 0 Å². The van der Waals surface area contributed by atoms with Gasteiger partial charge in [0.2, 0.25) is 0 Å². The van der Waals surface area contributed by atoms with Gasteiger partial charge in [-0.05, 0) is 47.9 Å². The third-order valence-corrected chi connectivity index (χ3v) is 4.55. The van der Waals surface area contributed by atoms with Crippen LogP contribution in [0.25, 0.3) is 11.4 Å². The van der Waals surface area contributed by atoms with E-state index in [1.165, 1.54) is 4.68 Å². The van der Waals surface area contributed by atoms with Crippen molar-refractivity contribution in [2.24, 2.45) is 0 Å². The highest BCUT2D eigenvalue weighted by molar-refractivity contribution is 9.10. The van der Waals surface area contributed by atoms with E-state index < -0.39 is 11.5 Å². The van der Waals surface area contributed by atoms with Gasteiger partial charge < -0.3 is 5.11 Å². The lowest BCUT2D eigenvalue weighted by atomic mass is 9.76. The van der Waals surface area contributed by atoms with E-state index in [9.17, 15) is 9.90 Å². The number of hydrogen-bond donors (Lipinski definition) is 1. The highest BCUT2D eigenvalue weighted by Gasteiger charge is 2.49. The summed E-state index contributed by atoms with van der Waals surface area (Å²) in [6.45, 7) is 0. The molecule has 1 saturated carbocycles. The van der Waals surface area contributed by atoms with Crippen molar-refractivity contribution in [1.29, 1.82) is 0 Å². The Hall–Kier alpha value is -1.47. The van der Waals surface area contributed by atoms with Gasteiger partial charge in [0.25, 0.3) is 0 Å². The molecule has 2 aromatic rings. The van der Waals surface area contributed by atoms with E-state index in [-0.39, 0.29) is 0 Å². The molecule has 0 atom stereocenters. The zero-order valence-electron chi connectivity index (χ0n) is 10.3. The molecule has 3 rings (SSSR count). The molecule has 0 saturated heterocycles. The van der Waals surface area contributed by atoms with Gasteiger partial charge in [-0.3, -0.25) is 0 Å². The van der Waals surface area contributed by atoms with E-state index >= 15 is 0 Å². The molecule has 0 spiro atoms. The minimum Gasteiger partial charge on any atom is -0.479 e. The third-order valence-electron chi connectivity index (χ3n) is 3.62. The topological polar surface area (TPSA) is 80.9 Å². The van der Waals surface area contributed by atoms with Crippen molar-refractivity contribution in [3.8, 4) is 11.4 Å². The molecule has 1 fully saturated rings. The Bertz CT molecular complexity index is 684. The molecule has 1 aliphatic rings. The van der Waals surface area contributed by atoms with Crippen LogP contribution in [-0.2, 0) is 10.3 Å². The Morgan fingerprint density at radius 1 is 1.45 bits per heavy atom. The van der Waals surface area contributed by atoms with E-state index in [1.807, 2.05) is 0 Å². The summed E-state index contributed by atoms with van der Waals surface area (Å²) < 4.78 is 2.16. The number of nitrogens with zero attached hydrogens (tertiary/aromatic N) is 4. The summed E-state index contributed by atoms with van der Waals surface area (Å²) >= 11 is 9.41. The standard InChI is InChI=1S/C12H10BrClN4O2/c13-9-3-2-7(14)6-8(9)10-15-16-17-18(10)12(11(19)20)4-1-5-12/h2-3,6H,1,4-5H2,(H,19,20). The summed E-state index contributed by atoms with van der Waals surface area (Å²) in [4.78, 5) is 11.6. The number of benzene rings is 1. The Balaban J connectivity index is 2.16. The van der Waals surface area contributed by atoms with Crippen molar-refractivity contribution in [2.45, 2.75) is 24.8 Å². The van der Waals surface area contributed by atoms with Gasteiger partial charge in [-0.1, -0.05) is 27.5 Å². The number of aromatic nitrogens is 4. The van der Waals surface area contributed by atoms with Crippen LogP contribution < -0.4 is 0 Å². The fourth-order valence-electron chi connectivity index (χ4n) is 2.34. The van der Waals surface area contributed by atoms with Crippen molar-refractivity contribution in [2.75, 3.05) is 0 Å². The molecule has 20 heavy (non-hydrogen) atoms. The number of hydrogen-bond acceptors (Lipinski definition) is 4. The summed E-state index contributed by atoms with van der Waals surface area (Å²) in [5.41, 5.74) is -0.365. The number of aliphatic carboxylic acids is 1. The normalized spacial score (nSPS) is 16.7. The molecule has 1 aromatic carbocycles. The molecule has 0 radical (unpaired) electrons. The van der Waals surface area contributed by atoms with Crippen LogP contribution in [0, 0.1) is 0 Å². The van der Waals surface area contributed by atoms with E-state index in [1.54, 1.807) is 18.2 Å². The SMILES string of the molecule is O=C(O)C1(n2nnnc2-c2cc(Cl)ccc2Br)CCC1. The van der Waals surface area contributed by atoms with Crippen molar-refractivity contribution < 1.29 is 9.90 Å². The lowest BCUT2D eigenvalue weighted by Gasteiger charge is -2.37. The van der Waals surface area contributed by atoms with E-state index in [2.05, 4.69) is 31.5 Å². The van der Waals surface area contributed by atoms with Crippen LogP contribution in [0.3, 0.4) is 0 Å². The summed E-state index contributed by atoms with van der Waals surface area (Å²) in [7, 11) is 0. The van der Waals surface area contributed by atoms with Crippen molar-refractivity contribution in [1.82, 2.24) is 20.2 Å². The first-order chi connectivity index (χ1) is 9.54. The highest BCUT2D eigenvalue weighted by Crippen LogP contribution is 2.42. The summed E-state index contributed by atoms with van der Waals surface area (Å²) in [6.07, 6.45) is 1.90. The number of carboxylic acids is 1. The van der Waals surface area contributed by atoms with Gasteiger partial charge in [0.05, 0.1) is 0 Å². The molecule has 1 heterocycles. The van der Waals surface area contributed by atoms with Crippen LogP contribution in [0.1, 0.15) is 19.3 Å². The molecule has 1 N–H and O–H groups in total. The maximum Gasteiger partial charge on any atom is 0.331 e. The lowest BCUT2D eigenvalue weighted by Crippen LogP contribution is -2.48. The first-order valence-electron chi connectivity index (χ1n) is 6.02. The van der Waals surface area contributed by atoms with Gasteiger partial charge >= 0.3 is 5.97 Å². The molecule has 8 heteroatoms. The van der Waals surface area contributed by atoms with Gasteiger partial charge in [0, 0.05) is 15.1 Å². The van der Waals surface area contributed by atoms with Crippen molar-refractivity contribution in [3.63, 3.8) is 0 Å². The zero-order valence-corrected chi connectivity index (χ0v) is 12.6. The Kier molecular flexibility index (Phi) is 3.25. The Labute approximate surface area is 127 Å². The van der Waals surface area contributed by atoms with E-state index in [0.717, 1.165) is 10.9 Å². The Morgan fingerprint density at radius 3 is 2.80 bits per heavy atom. The molecule has 0 aliphatic heterocycles. The third kappa shape index (κ3) is 1.92. The quantitative estimate of drug-likeness (QED) is 0.913. The maximum atomic E-state index is 11.6. The van der Waals surface area contributed by atoms with Gasteiger partial charge in [0.1, 0.15) is 0 Å². The second-order valence-electron chi connectivity index (χ2n) is 4.73. The molecule has 6 nitrogen and oxygen atoms in total. The maximum absolute atomic E-state index is 11.6. The molecule has 1 aromatic heterocycles. The number of carbonyl (C=O) groups is 1. The molecule has 0 amide bonds. The minimum atomic E-state index is -1.04.